The molecule has 3 rings (SSSR count). The van der Waals surface area contributed by atoms with Gasteiger partial charge < -0.3 is 9.64 Å². The Labute approximate surface area is 107 Å². The highest BCUT2D eigenvalue weighted by molar-refractivity contribution is 5.79. The minimum Gasteiger partial charge on any atom is -0.378 e. The minimum absolute atomic E-state index is 0.777. The predicted molar refractivity (Wildman–Crippen MR) is 73.0 cm³/mol. The number of aromatic amines is 1. The second-order valence-corrected chi connectivity index (χ2v) is 3.99. The summed E-state index contributed by atoms with van der Waals surface area (Å²) in [4.78, 5) is 6.78. The molecule has 1 N–H and O–H groups in total. The van der Waals surface area contributed by atoms with Gasteiger partial charge in [-0.15, -0.1) is 0 Å². The van der Waals surface area contributed by atoms with Crippen molar-refractivity contribution < 1.29 is 4.74 Å². The number of aromatic nitrogens is 3. The molecule has 0 radical (unpaired) electrons. The molecule has 0 aliphatic carbocycles. The summed E-state index contributed by atoms with van der Waals surface area (Å²) in [5.74, 6) is 0.988. The van der Waals surface area contributed by atoms with E-state index in [1.807, 2.05) is 20.8 Å². The van der Waals surface area contributed by atoms with Gasteiger partial charge in [0.05, 0.1) is 13.2 Å². The van der Waals surface area contributed by atoms with E-state index in [1.165, 1.54) is 0 Å². The van der Waals surface area contributed by atoms with Crippen molar-refractivity contribution in [2.24, 2.45) is 0 Å². The molecule has 5 heteroatoms. The van der Waals surface area contributed by atoms with Crippen molar-refractivity contribution in [1.29, 1.82) is 0 Å². The molecule has 0 aromatic carbocycles. The fourth-order valence-corrected chi connectivity index (χ4v) is 1.98. The van der Waals surface area contributed by atoms with Crippen LogP contribution in [0.2, 0.25) is 0 Å². The first-order valence-corrected chi connectivity index (χ1v) is 6.49. The van der Waals surface area contributed by atoms with Gasteiger partial charge in [-0.2, -0.15) is 5.10 Å². The average molecular weight is 248 g/mol. The Bertz CT molecular complexity index is 503. The Morgan fingerprint density at radius 2 is 1.94 bits per heavy atom. The molecule has 0 atom stereocenters. The number of rotatable bonds is 1. The molecular formula is C13H20N4O. The number of hydrogen-bond donors (Lipinski definition) is 1. The van der Waals surface area contributed by atoms with Gasteiger partial charge in [-0.1, -0.05) is 13.8 Å². The van der Waals surface area contributed by atoms with Gasteiger partial charge in [0.2, 0.25) is 0 Å². The molecule has 0 amide bonds. The number of anilines is 1. The van der Waals surface area contributed by atoms with Gasteiger partial charge in [0.25, 0.3) is 0 Å². The molecule has 5 nitrogen and oxygen atoms in total. The fraction of sp³-hybridized carbons (Fsp3) is 0.538. The quantitative estimate of drug-likeness (QED) is 0.840. The lowest BCUT2D eigenvalue weighted by Gasteiger charge is -2.27. The summed E-state index contributed by atoms with van der Waals surface area (Å²) in [7, 11) is 0. The maximum Gasteiger partial charge on any atom is 0.183 e. The largest absolute Gasteiger partial charge is 0.378 e. The third-order valence-corrected chi connectivity index (χ3v) is 2.93. The van der Waals surface area contributed by atoms with E-state index < -0.39 is 0 Å². The number of aryl methyl sites for hydroxylation is 1. The van der Waals surface area contributed by atoms with Crippen molar-refractivity contribution in [3.05, 3.63) is 17.8 Å². The Hall–Kier alpha value is -1.62. The first-order chi connectivity index (χ1) is 8.84. The first-order valence-electron chi connectivity index (χ1n) is 6.49. The predicted octanol–water partition coefficient (Wildman–Crippen LogP) is 2.13. The molecule has 1 saturated heterocycles. The van der Waals surface area contributed by atoms with E-state index in [-0.39, 0.29) is 0 Å². The summed E-state index contributed by atoms with van der Waals surface area (Å²) in [5, 5.41) is 8.23. The molecule has 1 fully saturated rings. The van der Waals surface area contributed by atoms with Crippen molar-refractivity contribution in [1.82, 2.24) is 15.2 Å². The van der Waals surface area contributed by atoms with Crippen LogP contribution < -0.4 is 4.90 Å². The summed E-state index contributed by atoms with van der Waals surface area (Å²) >= 11 is 0. The van der Waals surface area contributed by atoms with Crippen LogP contribution in [0, 0.1) is 6.92 Å². The smallest absolute Gasteiger partial charge is 0.183 e. The highest BCUT2D eigenvalue weighted by Crippen LogP contribution is 2.19. The number of morpholine rings is 1. The number of H-pyrrole nitrogens is 1. The van der Waals surface area contributed by atoms with Crippen LogP contribution in [-0.4, -0.2) is 41.5 Å². The SMILES string of the molecule is CC.Cc1[nH]nc2nc(N3CCOCC3)ccc12. The molecule has 1 aliphatic heterocycles. The Morgan fingerprint density at radius 1 is 1.22 bits per heavy atom. The number of pyridine rings is 1. The van der Waals surface area contributed by atoms with Crippen LogP contribution in [0.3, 0.4) is 0 Å². The lowest BCUT2D eigenvalue weighted by molar-refractivity contribution is 0.122. The van der Waals surface area contributed by atoms with Crippen LogP contribution in [-0.2, 0) is 4.74 Å². The molecule has 18 heavy (non-hydrogen) atoms. The van der Waals surface area contributed by atoms with Gasteiger partial charge in [0.1, 0.15) is 5.82 Å². The lowest BCUT2D eigenvalue weighted by atomic mass is 10.2. The zero-order chi connectivity index (χ0) is 13.0. The summed E-state index contributed by atoms with van der Waals surface area (Å²) < 4.78 is 5.32. The summed E-state index contributed by atoms with van der Waals surface area (Å²) in [6.45, 7) is 9.37. The monoisotopic (exact) mass is 248 g/mol. The van der Waals surface area contributed by atoms with Crippen molar-refractivity contribution in [3.8, 4) is 0 Å². The molecule has 0 unspecified atom stereocenters. The molecule has 0 bridgehead atoms. The summed E-state index contributed by atoms with van der Waals surface area (Å²) in [6.07, 6.45) is 0. The number of fused-ring (bicyclic) bond motifs is 1. The fourth-order valence-electron chi connectivity index (χ4n) is 1.98. The lowest BCUT2D eigenvalue weighted by Crippen LogP contribution is -2.36. The Kier molecular flexibility index (Phi) is 4.15. The zero-order valence-electron chi connectivity index (χ0n) is 11.2. The van der Waals surface area contributed by atoms with Crippen molar-refractivity contribution in [2.45, 2.75) is 20.8 Å². The maximum atomic E-state index is 5.32. The van der Waals surface area contributed by atoms with Gasteiger partial charge >= 0.3 is 0 Å². The molecule has 98 valence electrons. The molecule has 2 aromatic rings. The summed E-state index contributed by atoms with van der Waals surface area (Å²) in [5.41, 5.74) is 1.86. The van der Waals surface area contributed by atoms with E-state index in [0.29, 0.717) is 0 Å². The van der Waals surface area contributed by atoms with Crippen LogP contribution in [0.25, 0.3) is 11.0 Å². The van der Waals surface area contributed by atoms with E-state index in [9.17, 15) is 0 Å². The summed E-state index contributed by atoms with van der Waals surface area (Å²) in [6, 6.07) is 4.13. The van der Waals surface area contributed by atoms with E-state index in [0.717, 1.165) is 48.8 Å². The third-order valence-electron chi connectivity index (χ3n) is 2.93. The van der Waals surface area contributed by atoms with Gasteiger partial charge in [-0.3, -0.25) is 5.10 Å². The number of nitrogens with zero attached hydrogens (tertiary/aromatic N) is 3. The first kappa shape index (κ1) is 12.8. The van der Waals surface area contributed by atoms with Crippen LogP contribution in [0.15, 0.2) is 12.1 Å². The van der Waals surface area contributed by atoms with Gasteiger partial charge in [0, 0.05) is 24.2 Å². The van der Waals surface area contributed by atoms with Gasteiger partial charge in [-0.25, -0.2) is 4.98 Å². The van der Waals surface area contributed by atoms with Crippen LogP contribution in [0.1, 0.15) is 19.5 Å². The van der Waals surface area contributed by atoms with Gasteiger partial charge in [0.15, 0.2) is 5.65 Å². The zero-order valence-corrected chi connectivity index (χ0v) is 11.2. The number of ether oxygens (including phenoxy) is 1. The Morgan fingerprint density at radius 3 is 2.67 bits per heavy atom. The molecule has 1 aliphatic rings. The molecule has 3 heterocycles. The number of nitrogens with one attached hydrogen (secondary N) is 1. The van der Waals surface area contributed by atoms with Crippen LogP contribution in [0.4, 0.5) is 5.82 Å². The van der Waals surface area contributed by atoms with Crippen molar-refractivity contribution in [3.63, 3.8) is 0 Å². The van der Waals surface area contributed by atoms with Gasteiger partial charge in [-0.05, 0) is 19.1 Å². The minimum atomic E-state index is 0.777. The topological polar surface area (TPSA) is 54.0 Å². The van der Waals surface area contributed by atoms with Crippen LogP contribution in [0.5, 0.6) is 0 Å². The molecular weight excluding hydrogens is 228 g/mol. The average Bonchev–Trinajstić information content (AvgIpc) is 2.83. The molecule has 0 saturated carbocycles. The molecule has 2 aromatic heterocycles. The second-order valence-electron chi connectivity index (χ2n) is 3.99. The van der Waals surface area contributed by atoms with Crippen LogP contribution >= 0.6 is 0 Å². The highest BCUT2D eigenvalue weighted by Gasteiger charge is 2.13. The number of hydrogen-bond acceptors (Lipinski definition) is 4. The maximum absolute atomic E-state index is 5.32. The normalized spacial score (nSPS) is 15.4. The molecule has 0 spiro atoms. The third kappa shape index (κ3) is 2.46. The van der Waals surface area contributed by atoms with E-state index in [4.69, 9.17) is 4.74 Å². The van der Waals surface area contributed by atoms with E-state index >= 15 is 0 Å². The second kappa shape index (κ2) is 5.82. The Balaban J connectivity index is 0.000000574. The van der Waals surface area contributed by atoms with Crippen molar-refractivity contribution in [2.75, 3.05) is 31.2 Å². The van der Waals surface area contributed by atoms with E-state index in [1.54, 1.807) is 0 Å². The van der Waals surface area contributed by atoms with Crippen molar-refractivity contribution >= 4 is 16.9 Å². The van der Waals surface area contributed by atoms with E-state index in [2.05, 4.69) is 32.2 Å². The highest BCUT2D eigenvalue weighted by atomic mass is 16.5. The standard InChI is InChI=1S/C11H14N4O.C2H6/c1-8-9-2-3-10(12-11(9)14-13-8)15-4-6-16-7-5-15;1-2/h2-3H,4-7H2,1H3,(H,12,13,14);1-2H3.